The predicted molar refractivity (Wildman–Crippen MR) is 81.9 cm³/mol. The van der Waals surface area contributed by atoms with Gasteiger partial charge in [0.05, 0.1) is 30.2 Å². The van der Waals surface area contributed by atoms with Crippen LogP contribution in [0.3, 0.4) is 0 Å². The van der Waals surface area contributed by atoms with Crippen LogP contribution in [0.1, 0.15) is 20.7 Å². The number of carboxylic acids is 1. The van der Waals surface area contributed by atoms with Gasteiger partial charge in [0.1, 0.15) is 5.75 Å². The molecule has 0 saturated carbocycles. The van der Waals surface area contributed by atoms with Crippen molar-refractivity contribution in [2.45, 2.75) is 9.79 Å². The molecule has 2 rings (SSSR count). The second-order valence-electron chi connectivity index (χ2n) is 4.29. The molecule has 0 amide bonds. The minimum atomic E-state index is -0.962. The molecule has 0 spiro atoms. The summed E-state index contributed by atoms with van der Waals surface area (Å²) in [7, 11) is 2.84. The van der Waals surface area contributed by atoms with Crippen LogP contribution in [-0.2, 0) is 4.74 Å². The molecule has 22 heavy (non-hydrogen) atoms. The Balaban J connectivity index is 2.25. The maximum Gasteiger partial charge on any atom is 0.337 e. The van der Waals surface area contributed by atoms with Gasteiger partial charge < -0.3 is 14.6 Å². The molecule has 2 aromatic rings. The van der Waals surface area contributed by atoms with Gasteiger partial charge in [-0.1, -0.05) is 11.8 Å². The fourth-order valence-corrected chi connectivity index (χ4v) is 2.69. The van der Waals surface area contributed by atoms with Gasteiger partial charge in [0.2, 0.25) is 0 Å². The molecule has 0 aromatic heterocycles. The van der Waals surface area contributed by atoms with E-state index in [9.17, 15) is 9.59 Å². The van der Waals surface area contributed by atoms with E-state index in [1.807, 2.05) is 0 Å². The Bertz CT molecular complexity index is 694. The van der Waals surface area contributed by atoms with Crippen molar-refractivity contribution in [2.24, 2.45) is 0 Å². The second-order valence-corrected chi connectivity index (χ2v) is 5.40. The van der Waals surface area contributed by atoms with Gasteiger partial charge in [-0.25, -0.2) is 9.59 Å². The molecule has 0 aliphatic heterocycles. The number of hydrogen-bond donors (Lipinski definition) is 1. The average molecular weight is 318 g/mol. The average Bonchev–Trinajstić information content (AvgIpc) is 2.55. The molecule has 5 nitrogen and oxygen atoms in total. The largest absolute Gasteiger partial charge is 0.496 e. The number of hydrogen-bond acceptors (Lipinski definition) is 5. The van der Waals surface area contributed by atoms with Crippen molar-refractivity contribution in [3.05, 3.63) is 53.6 Å². The van der Waals surface area contributed by atoms with E-state index in [2.05, 4.69) is 4.74 Å². The third-order valence-electron chi connectivity index (χ3n) is 2.91. The zero-order chi connectivity index (χ0) is 16.1. The van der Waals surface area contributed by atoms with E-state index in [0.717, 1.165) is 9.79 Å². The lowest BCUT2D eigenvalue weighted by Crippen LogP contribution is -2.01. The smallest absolute Gasteiger partial charge is 0.337 e. The van der Waals surface area contributed by atoms with Crippen molar-refractivity contribution >= 4 is 23.7 Å². The van der Waals surface area contributed by atoms with Crippen LogP contribution in [0.5, 0.6) is 5.75 Å². The van der Waals surface area contributed by atoms with Crippen LogP contribution in [0.25, 0.3) is 0 Å². The molecule has 0 atom stereocenters. The normalized spacial score (nSPS) is 10.1. The first-order chi connectivity index (χ1) is 10.5. The van der Waals surface area contributed by atoms with Crippen molar-refractivity contribution in [3.8, 4) is 5.75 Å². The monoisotopic (exact) mass is 318 g/mol. The zero-order valence-corrected chi connectivity index (χ0v) is 12.8. The van der Waals surface area contributed by atoms with Gasteiger partial charge in [0.15, 0.2) is 0 Å². The van der Waals surface area contributed by atoms with Crippen LogP contribution in [0.15, 0.2) is 52.3 Å². The summed E-state index contributed by atoms with van der Waals surface area (Å²) < 4.78 is 9.96. The van der Waals surface area contributed by atoms with E-state index in [4.69, 9.17) is 9.84 Å². The van der Waals surface area contributed by atoms with Crippen LogP contribution in [-0.4, -0.2) is 31.3 Å². The molecular formula is C16H14O5S. The summed E-state index contributed by atoms with van der Waals surface area (Å²) in [6, 6.07) is 11.6. The van der Waals surface area contributed by atoms with Gasteiger partial charge >= 0.3 is 11.9 Å². The highest BCUT2D eigenvalue weighted by Crippen LogP contribution is 2.35. The number of carbonyl (C=O) groups is 2. The summed E-state index contributed by atoms with van der Waals surface area (Å²) in [4.78, 5) is 24.0. The fourth-order valence-electron chi connectivity index (χ4n) is 1.79. The van der Waals surface area contributed by atoms with Crippen molar-refractivity contribution < 1.29 is 24.2 Å². The van der Waals surface area contributed by atoms with Gasteiger partial charge in [0.25, 0.3) is 0 Å². The lowest BCUT2D eigenvalue weighted by atomic mass is 10.2. The van der Waals surface area contributed by atoms with Crippen molar-refractivity contribution in [2.75, 3.05) is 14.2 Å². The van der Waals surface area contributed by atoms with Gasteiger partial charge in [-0.05, 0) is 42.5 Å². The molecule has 0 heterocycles. The Labute approximate surface area is 131 Å². The van der Waals surface area contributed by atoms with E-state index in [-0.39, 0.29) is 5.56 Å². The summed E-state index contributed by atoms with van der Waals surface area (Å²) >= 11 is 1.42. The molecule has 0 bridgehead atoms. The molecule has 0 fully saturated rings. The number of ether oxygens (including phenoxy) is 2. The lowest BCUT2D eigenvalue weighted by Gasteiger charge is -2.10. The van der Waals surface area contributed by atoms with E-state index in [1.165, 1.54) is 26.0 Å². The quantitative estimate of drug-likeness (QED) is 0.853. The van der Waals surface area contributed by atoms with Crippen molar-refractivity contribution in [3.63, 3.8) is 0 Å². The van der Waals surface area contributed by atoms with Crippen LogP contribution in [0, 0.1) is 0 Å². The molecule has 0 aliphatic carbocycles. The van der Waals surface area contributed by atoms with E-state index in [1.54, 1.807) is 42.5 Å². The van der Waals surface area contributed by atoms with Crippen LogP contribution in [0.4, 0.5) is 0 Å². The molecule has 0 radical (unpaired) electrons. The molecule has 2 aromatic carbocycles. The highest BCUT2D eigenvalue weighted by molar-refractivity contribution is 7.99. The van der Waals surface area contributed by atoms with Crippen LogP contribution < -0.4 is 4.74 Å². The Morgan fingerprint density at radius 1 is 1.00 bits per heavy atom. The molecule has 0 aliphatic rings. The van der Waals surface area contributed by atoms with Crippen molar-refractivity contribution in [1.82, 2.24) is 0 Å². The molecule has 1 N–H and O–H groups in total. The highest BCUT2D eigenvalue weighted by atomic mass is 32.2. The first-order valence-electron chi connectivity index (χ1n) is 6.32. The SMILES string of the molecule is COC(=O)c1ccc(Sc2ccc(C(=O)O)cc2)c(OC)c1. The summed E-state index contributed by atoms with van der Waals surface area (Å²) in [6.45, 7) is 0. The third-order valence-corrected chi connectivity index (χ3v) is 3.98. The summed E-state index contributed by atoms with van der Waals surface area (Å²) in [5, 5.41) is 8.88. The highest BCUT2D eigenvalue weighted by Gasteiger charge is 2.12. The maximum absolute atomic E-state index is 11.5. The minimum Gasteiger partial charge on any atom is -0.496 e. The first kappa shape index (κ1) is 15.9. The number of rotatable bonds is 5. The van der Waals surface area contributed by atoms with Gasteiger partial charge in [-0.15, -0.1) is 0 Å². The number of benzene rings is 2. The standard InChI is InChI=1S/C16H14O5S/c1-20-13-9-11(16(19)21-2)5-8-14(13)22-12-6-3-10(4-7-12)15(17)18/h3-9H,1-2H3,(H,17,18). The first-order valence-corrected chi connectivity index (χ1v) is 7.14. The predicted octanol–water partition coefficient (Wildman–Crippen LogP) is 3.33. The molecule has 114 valence electrons. The van der Waals surface area contributed by atoms with E-state index in [0.29, 0.717) is 11.3 Å². The Kier molecular flexibility index (Phi) is 5.06. The van der Waals surface area contributed by atoms with Crippen molar-refractivity contribution in [1.29, 1.82) is 0 Å². The Morgan fingerprint density at radius 3 is 2.18 bits per heavy atom. The molecule has 6 heteroatoms. The number of esters is 1. The minimum absolute atomic E-state index is 0.234. The van der Waals surface area contributed by atoms with Crippen LogP contribution in [0.2, 0.25) is 0 Å². The zero-order valence-electron chi connectivity index (χ0n) is 12.0. The molecular weight excluding hydrogens is 304 g/mol. The second kappa shape index (κ2) is 7.00. The number of carboxylic acid groups (broad SMARTS) is 1. The van der Waals surface area contributed by atoms with Gasteiger partial charge in [-0.3, -0.25) is 0 Å². The number of aromatic carboxylic acids is 1. The fraction of sp³-hybridized carbons (Fsp3) is 0.125. The lowest BCUT2D eigenvalue weighted by molar-refractivity contribution is 0.0599. The molecule has 0 saturated heterocycles. The van der Waals surface area contributed by atoms with E-state index >= 15 is 0 Å². The van der Waals surface area contributed by atoms with E-state index < -0.39 is 11.9 Å². The summed E-state index contributed by atoms with van der Waals surface area (Å²) in [6.07, 6.45) is 0. The Hall–Kier alpha value is -2.47. The number of carbonyl (C=O) groups excluding carboxylic acids is 1. The molecule has 0 unspecified atom stereocenters. The Morgan fingerprint density at radius 2 is 1.64 bits per heavy atom. The summed E-state index contributed by atoms with van der Waals surface area (Å²) in [5.41, 5.74) is 0.641. The van der Waals surface area contributed by atoms with Gasteiger partial charge in [-0.2, -0.15) is 0 Å². The van der Waals surface area contributed by atoms with Crippen LogP contribution >= 0.6 is 11.8 Å². The third kappa shape index (κ3) is 3.59. The maximum atomic E-state index is 11.5. The van der Waals surface area contributed by atoms with Gasteiger partial charge in [0, 0.05) is 4.90 Å². The number of methoxy groups -OCH3 is 2. The topological polar surface area (TPSA) is 72.8 Å². The summed E-state index contributed by atoms with van der Waals surface area (Å²) in [5.74, 6) is -0.840.